The number of aliphatic carboxylic acids is 1. The van der Waals surface area contributed by atoms with Crippen LogP contribution in [0, 0.1) is 11.3 Å². The van der Waals surface area contributed by atoms with E-state index in [0.717, 1.165) is 35.1 Å². The minimum Gasteiger partial charge on any atom is -0.481 e. The van der Waals surface area contributed by atoms with Gasteiger partial charge in [-0.05, 0) is 48.9 Å². The number of aromatic nitrogens is 3. The monoisotopic (exact) mass is 384 g/mol. The van der Waals surface area contributed by atoms with Crippen LogP contribution in [0.5, 0.6) is 0 Å². The largest absolute Gasteiger partial charge is 0.481 e. The summed E-state index contributed by atoms with van der Waals surface area (Å²) in [6.07, 6.45) is 1.01. The van der Waals surface area contributed by atoms with Gasteiger partial charge in [-0.3, -0.25) is 4.79 Å². The highest BCUT2D eigenvalue weighted by Gasteiger charge is 2.26. The maximum atomic E-state index is 11.1. The number of fused-ring (bicyclic) bond motifs is 3. The molecule has 1 N–H and O–H groups in total. The number of carboxylic acid groups (broad SMARTS) is 1. The fourth-order valence-corrected chi connectivity index (χ4v) is 4.05. The van der Waals surface area contributed by atoms with Gasteiger partial charge in [0.15, 0.2) is 0 Å². The number of carboxylic acids is 1. The zero-order valence-corrected chi connectivity index (χ0v) is 15.4. The molecule has 29 heavy (non-hydrogen) atoms. The Labute approximate surface area is 165 Å². The predicted octanol–water partition coefficient (Wildman–Crippen LogP) is 4.19. The standard InChI is InChI=1S/C22H16N4O3/c23-12-13-2-1-3-16(8-13)22-24-21(25-29-22)15-4-5-18-17(9-15)10-19-14(11-20(27)28)6-7-26(18)19/h1-5,8-10,14H,6-7,11H2,(H,27,28)/t14-/m1/s1. The van der Waals surface area contributed by atoms with Crippen LogP contribution in [0.4, 0.5) is 0 Å². The van der Waals surface area contributed by atoms with Gasteiger partial charge in [0.1, 0.15) is 0 Å². The zero-order valence-electron chi connectivity index (χ0n) is 15.4. The van der Waals surface area contributed by atoms with Gasteiger partial charge in [-0.1, -0.05) is 11.2 Å². The number of hydrogen-bond acceptors (Lipinski definition) is 5. The van der Waals surface area contributed by atoms with Crippen molar-refractivity contribution in [1.82, 2.24) is 14.7 Å². The first-order valence-electron chi connectivity index (χ1n) is 9.32. The number of carbonyl (C=O) groups is 1. The van der Waals surface area contributed by atoms with Crippen molar-refractivity contribution in [3.05, 3.63) is 59.8 Å². The van der Waals surface area contributed by atoms with Crippen LogP contribution in [0.15, 0.2) is 53.1 Å². The molecule has 5 rings (SSSR count). The Balaban J connectivity index is 1.50. The second kappa shape index (κ2) is 6.60. The summed E-state index contributed by atoms with van der Waals surface area (Å²) in [7, 11) is 0. The first-order valence-corrected chi connectivity index (χ1v) is 9.32. The third kappa shape index (κ3) is 2.95. The molecule has 2 aromatic carbocycles. The first kappa shape index (κ1) is 17.2. The molecule has 1 atom stereocenters. The Bertz CT molecular complexity index is 1300. The minimum atomic E-state index is -0.769. The molecule has 0 amide bonds. The third-order valence-corrected chi connectivity index (χ3v) is 5.40. The van der Waals surface area contributed by atoms with E-state index in [4.69, 9.17) is 14.9 Å². The molecule has 0 bridgehead atoms. The van der Waals surface area contributed by atoms with E-state index in [0.29, 0.717) is 22.8 Å². The number of benzene rings is 2. The Hall–Kier alpha value is -3.92. The van der Waals surface area contributed by atoms with Crippen LogP contribution in [0.2, 0.25) is 0 Å². The topological polar surface area (TPSA) is 105 Å². The van der Waals surface area contributed by atoms with E-state index in [1.807, 2.05) is 24.3 Å². The molecule has 0 radical (unpaired) electrons. The lowest BCUT2D eigenvalue weighted by Gasteiger charge is -2.04. The van der Waals surface area contributed by atoms with Crippen molar-refractivity contribution in [2.45, 2.75) is 25.3 Å². The van der Waals surface area contributed by atoms with E-state index in [1.54, 1.807) is 18.2 Å². The van der Waals surface area contributed by atoms with Crippen LogP contribution in [0.25, 0.3) is 33.7 Å². The van der Waals surface area contributed by atoms with Crippen molar-refractivity contribution in [3.63, 3.8) is 0 Å². The van der Waals surface area contributed by atoms with Crippen molar-refractivity contribution >= 4 is 16.9 Å². The second-order valence-corrected chi connectivity index (χ2v) is 7.19. The van der Waals surface area contributed by atoms with E-state index in [-0.39, 0.29) is 12.3 Å². The molecule has 0 unspecified atom stereocenters. The summed E-state index contributed by atoms with van der Waals surface area (Å²) >= 11 is 0. The Morgan fingerprint density at radius 1 is 1.24 bits per heavy atom. The second-order valence-electron chi connectivity index (χ2n) is 7.19. The summed E-state index contributed by atoms with van der Waals surface area (Å²) in [5.74, 6) is 0.109. The van der Waals surface area contributed by atoms with E-state index in [9.17, 15) is 4.79 Å². The number of nitriles is 1. The van der Waals surface area contributed by atoms with E-state index >= 15 is 0 Å². The van der Waals surface area contributed by atoms with Crippen molar-refractivity contribution in [2.24, 2.45) is 0 Å². The van der Waals surface area contributed by atoms with Gasteiger partial charge in [-0.2, -0.15) is 10.2 Å². The van der Waals surface area contributed by atoms with Crippen molar-refractivity contribution in [1.29, 1.82) is 5.26 Å². The van der Waals surface area contributed by atoms with Gasteiger partial charge >= 0.3 is 5.97 Å². The lowest BCUT2D eigenvalue weighted by molar-refractivity contribution is -0.137. The Morgan fingerprint density at radius 2 is 2.14 bits per heavy atom. The fraction of sp³-hybridized carbons (Fsp3) is 0.182. The lowest BCUT2D eigenvalue weighted by Crippen LogP contribution is -2.02. The molecule has 7 heteroatoms. The summed E-state index contributed by atoms with van der Waals surface area (Å²) in [6.45, 7) is 0.831. The Kier molecular flexibility index (Phi) is 3.91. The molecule has 0 saturated carbocycles. The number of rotatable bonds is 4. The first-order chi connectivity index (χ1) is 14.1. The molecule has 1 aliphatic heterocycles. The van der Waals surface area contributed by atoms with Gasteiger partial charge in [-0.15, -0.1) is 0 Å². The summed E-state index contributed by atoms with van der Waals surface area (Å²) in [6, 6.07) is 17.2. The van der Waals surface area contributed by atoms with Crippen LogP contribution in [-0.2, 0) is 11.3 Å². The van der Waals surface area contributed by atoms with E-state index < -0.39 is 5.97 Å². The predicted molar refractivity (Wildman–Crippen MR) is 105 cm³/mol. The normalized spacial score (nSPS) is 15.3. The molecule has 142 valence electrons. The molecule has 0 aliphatic carbocycles. The van der Waals surface area contributed by atoms with Gasteiger partial charge in [0.25, 0.3) is 5.89 Å². The Morgan fingerprint density at radius 3 is 2.97 bits per heavy atom. The highest BCUT2D eigenvalue weighted by molar-refractivity contribution is 5.86. The summed E-state index contributed by atoms with van der Waals surface area (Å²) in [4.78, 5) is 15.6. The molecular formula is C22H16N4O3. The molecule has 2 aromatic heterocycles. The van der Waals surface area contributed by atoms with Crippen molar-refractivity contribution in [2.75, 3.05) is 0 Å². The quantitative estimate of drug-likeness (QED) is 0.565. The molecule has 0 fully saturated rings. The summed E-state index contributed by atoms with van der Waals surface area (Å²) < 4.78 is 7.59. The molecule has 3 heterocycles. The van der Waals surface area contributed by atoms with Gasteiger partial charge in [0.2, 0.25) is 5.82 Å². The molecular weight excluding hydrogens is 368 g/mol. The van der Waals surface area contributed by atoms with E-state index in [1.165, 1.54) is 0 Å². The average Bonchev–Trinajstić information content (AvgIpc) is 3.43. The van der Waals surface area contributed by atoms with Crippen molar-refractivity contribution < 1.29 is 14.4 Å². The van der Waals surface area contributed by atoms with Crippen molar-refractivity contribution in [3.8, 4) is 28.9 Å². The van der Waals surface area contributed by atoms with Crippen LogP contribution in [0.1, 0.15) is 30.0 Å². The molecule has 1 aliphatic rings. The molecule has 0 spiro atoms. The van der Waals surface area contributed by atoms with Crippen LogP contribution in [0.3, 0.4) is 0 Å². The fourth-order valence-electron chi connectivity index (χ4n) is 4.05. The SMILES string of the molecule is N#Cc1cccc(-c2nc(-c3ccc4c(c3)cc3n4CC[C@@H]3CC(=O)O)no2)c1. The highest BCUT2D eigenvalue weighted by Crippen LogP contribution is 2.37. The summed E-state index contributed by atoms with van der Waals surface area (Å²) in [5.41, 5.74) is 4.21. The van der Waals surface area contributed by atoms with Gasteiger partial charge in [0, 0.05) is 40.2 Å². The lowest BCUT2D eigenvalue weighted by atomic mass is 10.0. The number of hydrogen-bond donors (Lipinski definition) is 1. The highest BCUT2D eigenvalue weighted by atomic mass is 16.5. The van der Waals surface area contributed by atoms with Crippen LogP contribution >= 0.6 is 0 Å². The average molecular weight is 384 g/mol. The van der Waals surface area contributed by atoms with E-state index in [2.05, 4.69) is 26.8 Å². The molecule has 7 nitrogen and oxygen atoms in total. The van der Waals surface area contributed by atoms with Crippen LogP contribution < -0.4 is 0 Å². The smallest absolute Gasteiger partial charge is 0.304 e. The third-order valence-electron chi connectivity index (χ3n) is 5.40. The van der Waals surface area contributed by atoms with Gasteiger partial charge in [-0.25, -0.2) is 0 Å². The molecule has 0 saturated heterocycles. The minimum absolute atomic E-state index is 0.0486. The summed E-state index contributed by atoms with van der Waals surface area (Å²) in [5, 5.41) is 23.3. The van der Waals surface area contributed by atoms with Crippen LogP contribution in [-0.4, -0.2) is 25.8 Å². The maximum Gasteiger partial charge on any atom is 0.304 e. The maximum absolute atomic E-state index is 11.1. The zero-order chi connectivity index (χ0) is 20.0. The van der Waals surface area contributed by atoms with Gasteiger partial charge in [0.05, 0.1) is 18.1 Å². The number of aryl methyl sites for hydroxylation is 1. The number of nitrogens with zero attached hydrogens (tertiary/aromatic N) is 4. The van der Waals surface area contributed by atoms with Gasteiger partial charge < -0.3 is 14.2 Å². The molecule has 4 aromatic rings.